The first-order valence-corrected chi connectivity index (χ1v) is 3.85. The number of Topliss-reactive ketones (excluding diaryl/α,β-unsaturated/α-hetero) is 1. The topological polar surface area (TPSA) is 50.3 Å². The van der Waals surface area contributed by atoms with Gasteiger partial charge in [-0.25, -0.2) is 0 Å². The normalized spacial score (nSPS) is 9.31. The molecule has 4 heteroatoms. The Morgan fingerprint density at radius 2 is 2.46 bits per heavy atom. The van der Waals surface area contributed by atoms with Crippen molar-refractivity contribution in [1.29, 1.82) is 0 Å². The van der Waals surface area contributed by atoms with E-state index >= 15 is 0 Å². The van der Waals surface area contributed by atoms with Crippen LogP contribution >= 0.6 is 0 Å². The molecule has 1 aromatic rings. The number of nitrogens with zero attached hydrogens (tertiary/aromatic N) is 2. The Balaban J connectivity index is 2.78. The van der Waals surface area contributed by atoms with Gasteiger partial charge in [-0.2, -0.15) is 0 Å². The Morgan fingerprint density at radius 3 is 2.92 bits per heavy atom. The van der Waals surface area contributed by atoms with E-state index in [9.17, 15) is 9.59 Å². The van der Waals surface area contributed by atoms with Crippen LogP contribution in [0.15, 0.2) is 24.5 Å². The summed E-state index contributed by atoms with van der Waals surface area (Å²) in [5.74, 6) is -0.0593. The van der Waals surface area contributed by atoms with E-state index in [1.54, 1.807) is 18.3 Å². The van der Waals surface area contributed by atoms with Crippen LogP contribution in [0.1, 0.15) is 6.92 Å². The van der Waals surface area contributed by atoms with Gasteiger partial charge in [0.25, 0.3) is 0 Å². The van der Waals surface area contributed by atoms with Gasteiger partial charge >= 0.3 is 0 Å². The fraction of sp³-hybridized carbons (Fsp3) is 0.222. The third-order valence-electron chi connectivity index (χ3n) is 1.50. The van der Waals surface area contributed by atoms with Crippen LogP contribution < -0.4 is 4.90 Å². The molecule has 1 heterocycles. The quantitative estimate of drug-likeness (QED) is 0.635. The zero-order valence-electron chi connectivity index (χ0n) is 7.30. The Kier molecular flexibility index (Phi) is 3.14. The molecule has 4 nitrogen and oxygen atoms in total. The molecule has 0 radical (unpaired) electrons. The predicted molar refractivity (Wildman–Crippen MR) is 48.3 cm³/mol. The summed E-state index contributed by atoms with van der Waals surface area (Å²) in [6.07, 6.45) is 3.77. The highest BCUT2D eigenvalue weighted by atomic mass is 16.1. The van der Waals surface area contributed by atoms with Crippen LogP contribution in [0, 0.1) is 0 Å². The molecule has 0 bridgehead atoms. The minimum Gasteiger partial charge on any atom is -0.306 e. The summed E-state index contributed by atoms with van der Waals surface area (Å²) in [5, 5.41) is 0. The molecule has 0 saturated heterocycles. The minimum atomic E-state index is -0.0593. The van der Waals surface area contributed by atoms with E-state index in [-0.39, 0.29) is 12.3 Å². The number of hydrogen-bond acceptors (Lipinski definition) is 3. The zero-order chi connectivity index (χ0) is 9.68. The van der Waals surface area contributed by atoms with Gasteiger partial charge < -0.3 is 4.90 Å². The van der Waals surface area contributed by atoms with Crippen molar-refractivity contribution in [3.63, 3.8) is 0 Å². The van der Waals surface area contributed by atoms with Gasteiger partial charge in [-0.15, -0.1) is 0 Å². The first-order valence-electron chi connectivity index (χ1n) is 3.85. The lowest BCUT2D eigenvalue weighted by Crippen LogP contribution is -2.26. The number of hydrogen-bond donors (Lipinski definition) is 0. The maximum absolute atomic E-state index is 10.8. The highest BCUT2D eigenvalue weighted by molar-refractivity contribution is 5.88. The van der Waals surface area contributed by atoms with Crippen LogP contribution in [0.25, 0.3) is 0 Å². The third-order valence-corrected chi connectivity index (χ3v) is 1.50. The molecule has 0 aliphatic rings. The van der Waals surface area contributed by atoms with Crippen molar-refractivity contribution in [3.8, 4) is 0 Å². The van der Waals surface area contributed by atoms with E-state index in [1.807, 2.05) is 0 Å². The SMILES string of the molecule is CC(=O)CN(C=O)c1cccnc1. The van der Waals surface area contributed by atoms with Crippen LogP contribution in [-0.2, 0) is 9.59 Å². The van der Waals surface area contributed by atoms with E-state index in [1.165, 1.54) is 18.0 Å². The van der Waals surface area contributed by atoms with Crippen molar-refractivity contribution < 1.29 is 9.59 Å². The number of aromatic nitrogens is 1. The summed E-state index contributed by atoms with van der Waals surface area (Å²) in [6, 6.07) is 3.44. The molecular weight excluding hydrogens is 168 g/mol. The van der Waals surface area contributed by atoms with Crippen molar-refractivity contribution in [2.45, 2.75) is 6.92 Å². The van der Waals surface area contributed by atoms with E-state index in [0.717, 1.165) is 0 Å². The summed E-state index contributed by atoms with van der Waals surface area (Å²) in [4.78, 5) is 26.5. The number of pyridine rings is 1. The molecule has 0 atom stereocenters. The Labute approximate surface area is 76.2 Å². The van der Waals surface area contributed by atoms with Crippen molar-refractivity contribution in [3.05, 3.63) is 24.5 Å². The zero-order valence-corrected chi connectivity index (χ0v) is 7.30. The van der Waals surface area contributed by atoms with Crippen LogP contribution in [0.5, 0.6) is 0 Å². The molecule has 0 fully saturated rings. The summed E-state index contributed by atoms with van der Waals surface area (Å²) in [5.41, 5.74) is 0.632. The van der Waals surface area contributed by atoms with Crippen LogP contribution in [0.3, 0.4) is 0 Å². The van der Waals surface area contributed by atoms with Gasteiger partial charge in [0.1, 0.15) is 5.78 Å². The minimum absolute atomic E-state index is 0.0593. The average molecular weight is 178 g/mol. The third kappa shape index (κ3) is 2.66. The molecule has 0 N–H and O–H groups in total. The Bertz CT molecular complexity index is 298. The van der Waals surface area contributed by atoms with Crippen LogP contribution in [0.2, 0.25) is 0 Å². The van der Waals surface area contributed by atoms with Gasteiger partial charge in [0, 0.05) is 6.20 Å². The van der Waals surface area contributed by atoms with Gasteiger partial charge in [0.05, 0.1) is 18.4 Å². The predicted octanol–water partition coefficient (Wildman–Crippen LogP) is 0.633. The number of anilines is 1. The lowest BCUT2D eigenvalue weighted by molar-refractivity contribution is -0.117. The Morgan fingerprint density at radius 1 is 1.69 bits per heavy atom. The molecule has 13 heavy (non-hydrogen) atoms. The second-order valence-corrected chi connectivity index (χ2v) is 2.65. The summed E-state index contributed by atoms with van der Waals surface area (Å²) < 4.78 is 0. The fourth-order valence-electron chi connectivity index (χ4n) is 0.953. The van der Waals surface area contributed by atoms with E-state index in [2.05, 4.69) is 4.98 Å². The molecule has 0 aromatic carbocycles. The molecule has 0 saturated carbocycles. The number of ketones is 1. The molecule has 0 aliphatic heterocycles. The summed E-state index contributed by atoms with van der Waals surface area (Å²) in [6.45, 7) is 1.53. The fourth-order valence-corrected chi connectivity index (χ4v) is 0.953. The van der Waals surface area contributed by atoms with Crippen molar-refractivity contribution in [2.24, 2.45) is 0 Å². The lowest BCUT2D eigenvalue weighted by Gasteiger charge is -2.14. The average Bonchev–Trinajstić information content (AvgIpc) is 2.15. The smallest absolute Gasteiger partial charge is 0.214 e. The van der Waals surface area contributed by atoms with Crippen molar-refractivity contribution in [2.75, 3.05) is 11.4 Å². The molecule has 1 aromatic heterocycles. The lowest BCUT2D eigenvalue weighted by atomic mass is 10.3. The number of carbonyl (C=O) groups is 2. The van der Waals surface area contributed by atoms with Crippen LogP contribution in [0.4, 0.5) is 5.69 Å². The highest BCUT2D eigenvalue weighted by Crippen LogP contribution is 2.08. The van der Waals surface area contributed by atoms with Crippen LogP contribution in [-0.4, -0.2) is 23.7 Å². The highest BCUT2D eigenvalue weighted by Gasteiger charge is 2.06. The largest absolute Gasteiger partial charge is 0.306 e. The van der Waals surface area contributed by atoms with Gasteiger partial charge in [0.2, 0.25) is 6.41 Å². The van der Waals surface area contributed by atoms with Gasteiger partial charge in [-0.1, -0.05) is 0 Å². The first-order chi connectivity index (χ1) is 6.24. The van der Waals surface area contributed by atoms with E-state index in [4.69, 9.17) is 0 Å². The molecule has 1 amide bonds. The molecule has 1 rings (SSSR count). The molecular formula is C9H10N2O2. The number of carbonyl (C=O) groups excluding carboxylic acids is 2. The number of amides is 1. The summed E-state index contributed by atoms with van der Waals surface area (Å²) in [7, 11) is 0. The first kappa shape index (κ1) is 9.38. The standard InChI is InChI=1S/C9H10N2O2/c1-8(13)6-11(7-12)9-3-2-4-10-5-9/h2-5,7H,6H2,1H3. The van der Waals surface area contributed by atoms with Crippen molar-refractivity contribution >= 4 is 17.9 Å². The van der Waals surface area contributed by atoms with Gasteiger partial charge in [-0.05, 0) is 19.1 Å². The van der Waals surface area contributed by atoms with Gasteiger partial charge in [0.15, 0.2) is 0 Å². The van der Waals surface area contributed by atoms with Crippen molar-refractivity contribution in [1.82, 2.24) is 4.98 Å². The second kappa shape index (κ2) is 4.35. The molecule has 68 valence electrons. The van der Waals surface area contributed by atoms with E-state index < -0.39 is 0 Å². The van der Waals surface area contributed by atoms with E-state index in [0.29, 0.717) is 12.1 Å². The Hall–Kier alpha value is -1.71. The molecule has 0 unspecified atom stereocenters. The number of rotatable bonds is 4. The van der Waals surface area contributed by atoms with Gasteiger partial charge in [-0.3, -0.25) is 14.6 Å². The molecule has 0 spiro atoms. The summed E-state index contributed by atoms with van der Waals surface area (Å²) >= 11 is 0. The monoisotopic (exact) mass is 178 g/mol. The molecule has 0 aliphatic carbocycles. The maximum Gasteiger partial charge on any atom is 0.214 e. The second-order valence-electron chi connectivity index (χ2n) is 2.65. The maximum atomic E-state index is 10.8.